The van der Waals surface area contributed by atoms with Gasteiger partial charge in [-0.05, 0) is 17.7 Å². The molecule has 3 N–H and O–H groups in total. The molecule has 0 heterocycles. The van der Waals surface area contributed by atoms with Crippen LogP contribution in [-0.2, 0) is 11.2 Å². The fourth-order valence-corrected chi connectivity index (χ4v) is 1.23. The van der Waals surface area contributed by atoms with E-state index in [1.165, 1.54) is 12.1 Å². The molecule has 6 nitrogen and oxygen atoms in total. The van der Waals surface area contributed by atoms with Crippen molar-refractivity contribution < 1.29 is 29.7 Å². The lowest BCUT2D eigenvalue weighted by molar-refractivity contribution is -0.136. The molecular weight excluding hydrogens is 216 g/mol. The van der Waals surface area contributed by atoms with E-state index in [9.17, 15) is 14.4 Å². The van der Waals surface area contributed by atoms with Crippen LogP contribution in [0, 0.1) is 0 Å². The van der Waals surface area contributed by atoms with Crippen LogP contribution in [0.3, 0.4) is 0 Å². The quantitative estimate of drug-likeness (QED) is 0.694. The normalized spacial score (nSPS) is 9.75. The first kappa shape index (κ1) is 11.7. The van der Waals surface area contributed by atoms with Crippen LogP contribution in [0.15, 0.2) is 18.2 Å². The number of carboxylic acid groups (broad SMARTS) is 3. The Morgan fingerprint density at radius 3 is 2.06 bits per heavy atom. The van der Waals surface area contributed by atoms with Crippen molar-refractivity contribution in [2.45, 2.75) is 6.42 Å². The summed E-state index contributed by atoms with van der Waals surface area (Å²) in [4.78, 5) is 31.8. The third kappa shape index (κ3) is 2.57. The molecule has 1 aromatic rings. The SMILES string of the molecule is O=C(O)Cc1ccc(C(=O)O)cc1C(=O)O. The van der Waals surface area contributed by atoms with E-state index >= 15 is 0 Å². The molecular formula is C10H8O6. The van der Waals surface area contributed by atoms with E-state index < -0.39 is 24.3 Å². The molecule has 0 saturated carbocycles. The standard InChI is InChI=1S/C10H8O6/c11-8(12)4-5-1-2-6(9(13)14)3-7(5)10(15)16/h1-3H,4H2,(H,11,12)(H,13,14)(H,15,16). The van der Waals surface area contributed by atoms with Crippen LogP contribution in [0.25, 0.3) is 0 Å². The summed E-state index contributed by atoms with van der Waals surface area (Å²) in [7, 11) is 0. The van der Waals surface area contributed by atoms with Crippen molar-refractivity contribution in [2.75, 3.05) is 0 Å². The minimum absolute atomic E-state index is 0.0741. The Kier molecular flexibility index (Phi) is 3.24. The topological polar surface area (TPSA) is 112 Å². The third-order valence-corrected chi connectivity index (χ3v) is 1.93. The minimum Gasteiger partial charge on any atom is -0.481 e. The number of rotatable bonds is 4. The van der Waals surface area contributed by atoms with Crippen molar-refractivity contribution in [1.29, 1.82) is 0 Å². The monoisotopic (exact) mass is 224 g/mol. The van der Waals surface area contributed by atoms with E-state index in [4.69, 9.17) is 15.3 Å². The lowest BCUT2D eigenvalue weighted by Gasteiger charge is -2.04. The summed E-state index contributed by atoms with van der Waals surface area (Å²) in [6.45, 7) is 0. The van der Waals surface area contributed by atoms with E-state index in [2.05, 4.69) is 0 Å². The molecule has 0 spiro atoms. The van der Waals surface area contributed by atoms with Crippen LogP contribution in [0.5, 0.6) is 0 Å². The first-order valence-electron chi connectivity index (χ1n) is 4.23. The zero-order valence-electron chi connectivity index (χ0n) is 8.01. The highest BCUT2D eigenvalue weighted by Gasteiger charge is 2.15. The lowest BCUT2D eigenvalue weighted by atomic mass is 10.0. The van der Waals surface area contributed by atoms with Crippen molar-refractivity contribution >= 4 is 17.9 Å². The Balaban J connectivity index is 3.24. The zero-order valence-corrected chi connectivity index (χ0v) is 8.01. The largest absolute Gasteiger partial charge is 0.481 e. The molecule has 0 fully saturated rings. The van der Waals surface area contributed by atoms with Gasteiger partial charge in [0.2, 0.25) is 0 Å². The van der Waals surface area contributed by atoms with Crippen LogP contribution in [-0.4, -0.2) is 33.2 Å². The van der Waals surface area contributed by atoms with E-state index in [-0.39, 0.29) is 16.7 Å². The highest BCUT2D eigenvalue weighted by atomic mass is 16.4. The summed E-state index contributed by atoms with van der Waals surface area (Å²) < 4.78 is 0. The molecule has 0 saturated heterocycles. The van der Waals surface area contributed by atoms with E-state index in [0.717, 1.165) is 6.07 Å². The van der Waals surface area contributed by atoms with Gasteiger partial charge in [0.15, 0.2) is 0 Å². The van der Waals surface area contributed by atoms with Crippen LogP contribution in [0.1, 0.15) is 26.3 Å². The van der Waals surface area contributed by atoms with Crippen LogP contribution < -0.4 is 0 Å². The molecule has 84 valence electrons. The summed E-state index contributed by atoms with van der Waals surface area (Å²) in [5, 5.41) is 26.0. The molecule has 0 aromatic heterocycles. The van der Waals surface area contributed by atoms with Crippen LogP contribution in [0.4, 0.5) is 0 Å². The number of carboxylic acids is 3. The summed E-state index contributed by atoms with van der Waals surface area (Å²) >= 11 is 0. The predicted octanol–water partition coefficient (Wildman–Crippen LogP) is 0.710. The van der Waals surface area contributed by atoms with Gasteiger partial charge in [0, 0.05) is 0 Å². The highest BCUT2D eigenvalue weighted by molar-refractivity contribution is 5.95. The van der Waals surface area contributed by atoms with Crippen molar-refractivity contribution in [3.63, 3.8) is 0 Å². The van der Waals surface area contributed by atoms with Gasteiger partial charge in [-0.3, -0.25) is 4.79 Å². The molecule has 6 heteroatoms. The molecule has 16 heavy (non-hydrogen) atoms. The molecule has 0 aliphatic rings. The molecule has 0 atom stereocenters. The summed E-state index contributed by atoms with van der Waals surface area (Å²) in [6, 6.07) is 3.32. The van der Waals surface area contributed by atoms with Crippen LogP contribution in [0.2, 0.25) is 0 Å². The van der Waals surface area contributed by atoms with Gasteiger partial charge in [-0.15, -0.1) is 0 Å². The summed E-state index contributed by atoms with van der Waals surface area (Å²) in [6.07, 6.45) is -0.457. The van der Waals surface area contributed by atoms with Crippen LogP contribution >= 0.6 is 0 Å². The highest BCUT2D eigenvalue weighted by Crippen LogP contribution is 2.13. The fraction of sp³-hybridized carbons (Fsp3) is 0.100. The van der Waals surface area contributed by atoms with Gasteiger partial charge >= 0.3 is 17.9 Å². The summed E-state index contributed by atoms with van der Waals surface area (Å²) in [5.74, 6) is -3.78. The van der Waals surface area contributed by atoms with E-state index in [1.54, 1.807) is 0 Å². The smallest absolute Gasteiger partial charge is 0.336 e. The predicted molar refractivity (Wildman–Crippen MR) is 51.7 cm³/mol. The number of hydrogen-bond donors (Lipinski definition) is 3. The maximum atomic E-state index is 10.8. The number of carbonyl (C=O) groups is 3. The second-order valence-electron chi connectivity index (χ2n) is 3.05. The first-order chi connectivity index (χ1) is 7.41. The molecule has 0 amide bonds. The fourth-order valence-electron chi connectivity index (χ4n) is 1.23. The first-order valence-corrected chi connectivity index (χ1v) is 4.23. The van der Waals surface area contributed by atoms with Crippen molar-refractivity contribution in [1.82, 2.24) is 0 Å². The van der Waals surface area contributed by atoms with Gasteiger partial charge in [-0.1, -0.05) is 6.07 Å². The molecule has 0 unspecified atom stereocenters. The maximum Gasteiger partial charge on any atom is 0.336 e. The van der Waals surface area contributed by atoms with Crippen molar-refractivity contribution in [3.05, 3.63) is 34.9 Å². The molecule has 0 radical (unpaired) electrons. The van der Waals surface area contributed by atoms with Gasteiger partial charge in [-0.25, -0.2) is 9.59 Å². The molecule has 0 aliphatic heterocycles. The number of hydrogen-bond acceptors (Lipinski definition) is 3. The Labute approximate surface area is 89.8 Å². The molecule has 1 rings (SSSR count). The maximum absolute atomic E-state index is 10.8. The molecule has 1 aromatic carbocycles. The Morgan fingerprint density at radius 2 is 1.62 bits per heavy atom. The number of aromatic carboxylic acids is 2. The zero-order chi connectivity index (χ0) is 12.3. The Morgan fingerprint density at radius 1 is 1.00 bits per heavy atom. The van der Waals surface area contributed by atoms with E-state index in [1.807, 2.05) is 0 Å². The number of aliphatic carboxylic acids is 1. The minimum atomic E-state index is -1.35. The van der Waals surface area contributed by atoms with E-state index in [0.29, 0.717) is 0 Å². The molecule has 0 aliphatic carbocycles. The molecule has 0 bridgehead atoms. The second-order valence-corrected chi connectivity index (χ2v) is 3.05. The van der Waals surface area contributed by atoms with Gasteiger partial charge in [0.05, 0.1) is 17.5 Å². The lowest BCUT2D eigenvalue weighted by Crippen LogP contribution is -2.09. The second kappa shape index (κ2) is 4.43. The van der Waals surface area contributed by atoms with Gasteiger partial charge in [-0.2, -0.15) is 0 Å². The Bertz CT molecular complexity index is 462. The average Bonchev–Trinajstić information content (AvgIpc) is 2.16. The number of benzene rings is 1. The van der Waals surface area contributed by atoms with Crippen molar-refractivity contribution in [3.8, 4) is 0 Å². The van der Waals surface area contributed by atoms with Gasteiger partial charge in [0.1, 0.15) is 0 Å². The van der Waals surface area contributed by atoms with Gasteiger partial charge in [0.25, 0.3) is 0 Å². The average molecular weight is 224 g/mol. The Hall–Kier alpha value is -2.37. The van der Waals surface area contributed by atoms with Crippen molar-refractivity contribution in [2.24, 2.45) is 0 Å². The van der Waals surface area contributed by atoms with Gasteiger partial charge < -0.3 is 15.3 Å². The third-order valence-electron chi connectivity index (χ3n) is 1.93. The summed E-state index contributed by atoms with van der Waals surface area (Å²) in [5.41, 5.74) is -0.418.